The maximum Gasteiger partial charge on any atom is 0.244 e. The SMILES string of the molecule is COc1ccc2c(CC(C)(C)NC(=O)Cn3ncnn3)c[nH]c2c1. The van der Waals surface area contributed by atoms with Crippen LogP contribution in [-0.2, 0) is 17.8 Å². The number of ether oxygens (including phenoxy) is 1. The van der Waals surface area contributed by atoms with E-state index in [4.69, 9.17) is 4.74 Å². The van der Waals surface area contributed by atoms with Gasteiger partial charge in [-0.2, -0.15) is 4.80 Å². The summed E-state index contributed by atoms with van der Waals surface area (Å²) in [6.07, 6.45) is 3.96. The monoisotopic (exact) mass is 328 g/mol. The molecular weight excluding hydrogens is 308 g/mol. The van der Waals surface area contributed by atoms with Crippen LogP contribution in [0.3, 0.4) is 0 Å². The van der Waals surface area contributed by atoms with Crippen LogP contribution in [-0.4, -0.2) is 43.7 Å². The van der Waals surface area contributed by atoms with E-state index in [1.807, 2.05) is 38.2 Å². The van der Waals surface area contributed by atoms with Gasteiger partial charge in [-0.05, 0) is 43.2 Å². The highest BCUT2D eigenvalue weighted by atomic mass is 16.5. The van der Waals surface area contributed by atoms with Crippen molar-refractivity contribution in [1.82, 2.24) is 30.5 Å². The fourth-order valence-corrected chi connectivity index (χ4v) is 2.77. The minimum Gasteiger partial charge on any atom is -0.497 e. The van der Waals surface area contributed by atoms with Crippen LogP contribution in [0.25, 0.3) is 10.9 Å². The van der Waals surface area contributed by atoms with Gasteiger partial charge in [-0.15, -0.1) is 10.2 Å². The van der Waals surface area contributed by atoms with Gasteiger partial charge in [0.05, 0.1) is 7.11 Å². The molecule has 0 saturated heterocycles. The molecule has 0 aliphatic heterocycles. The Kier molecular flexibility index (Phi) is 4.20. The first-order valence-electron chi connectivity index (χ1n) is 7.63. The molecule has 2 aromatic heterocycles. The summed E-state index contributed by atoms with van der Waals surface area (Å²) >= 11 is 0. The molecule has 8 nitrogen and oxygen atoms in total. The summed E-state index contributed by atoms with van der Waals surface area (Å²) in [7, 11) is 1.65. The number of methoxy groups -OCH3 is 1. The van der Waals surface area contributed by atoms with Gasteiger partial charge in [0.25, 0.3) is 0 Å². The lowest BCUT2D eigenvalue weighted by atomic mass is 9.94. The lowest BCUT2D eigenvalue weighted by Crippen LogP contribution is -2.46. The summed E-state index contributed by atoms with van der Waals surface area (Å²) in [5, 5.41) is 15.3. The molecule has 0 fully saturated rings. The third-order valence-electron chi connectivity index (χ3n) is 3.76. The van der Waals surface area contributed by atoms with Crippen molar-refractivity contribution in [3.05, 3.63) is 36.3 Å². The maximum absolute atomic E-state index is 12.1. The molecule has 3 rings (SSSR count). The van der Waals surface area contributed by atoms with Crippen molar-refractivity contribution in [3.8, 4) is 5.75 Å². The Morgan fingerprint density at radius 2 is 2.25 bits per heavy atom. The number of nitrogens with zero attached hydrogens (tertiary/aromatic N) is 4. The molecule has 0 bridgehead atoms. The van der Waals surface area contributed by atoms with Crippen LogP contribution in [0.1, 0.15) is 19.4 Å². The lowest BCUT2D eigenvalue weighted by molar-refractivity contribution is -0.123. The Hall–Kier alpha value is -2.90. The third-order valence-corrected chi connectivity index (χ3v) is 3.76. The number of hydrogen-bond acceptors (Lipinski definition) is 5. The Balaban J connectivity index is 1.70. The maximum atomic E-state index is 12.1. The van der Waals surface area contributed by atoms with Gasteiger partial charge in [0, 0.05) is 28.7 Å². The van der Waals surface area contributed by atoms with E-state index in [1.165, 1.54) is 11.1 Å². The van der Waals surface area contributed by atoms with Crippen molar-refractivity contribution >= 4 is 16.8 Å². The number of tetrazole rings is 1. The smallest absolute Gasteiger partial charge is 0.244 e. The molecule has 24 heavy (non-hydrogen) atoms. The fourth-order valence-electron chi connectivity index (χ4n) is 2.77. The summed E-state index contributed by atoms with van der Waals surface area (Å²) in [5.41, 5.74) is 1.74. The van der Waals surface area contributed by atoms with E-state index in [1.54, 1.807) is 7.11 Å². The number of aromatic nitrogens is 5. The fraction of sp³-hybridized carbons (Fsp3) is 0.375. The minimum absolute atomic E-state index is 0.0501. The van der Waals surface area contributed by atoms with Gasteiger partial charge in [-0.1, -0.05) is 0 Å². The molecule has 1 aromatic carbocycles. The van der Waals surface area contributed by atoms with Gasteiger partial charge < -0.3 is 15.0 Å². The Morgan fingerprint density at radius 3 is 2.96 bits per heavy atom. The average Bonchev–Trinajstić information content (AvgIpc) is 3.16. The molecule has 3 aromatic rings. The molecule has 0 unspecified atom stereocenters. The van der Waals surface area contributed by atoms with Crippen molar-refractivity contribution in [2.24, 2.45) is 0 Å². The zero-order valence-electron chi connectivity index (χ0n) is 13.9. The van der Waals surface area contributed by atoms with Crippen molar-refractivity contribution in [2.75, 3.05) is 7.11 Å². The van der Waals surface area contributed by atoms with Crippen LogP contribution < -0.4 is 10.1 Å². The molecular formula is C16H20N6O2. The largest absolute Gasteiger partial charge is 0.497 e. The topological polar surface area (TPSA) is 97.7 Å². The first-order chi connectivity index (χ1) is 11.5. The van der Waals surface area contributed by atoms with Crippen molar-refractivity contribution in [1.29, 1.82) is 0 Å². The predicted molar refractivity (Wildman–Crippen MR) is 88.6 cm³/mol. The summed E-state index contributed by atoms with van der Waals surface area (Å²) in [5.74, 6) is 0.656. The average molecular weight is 328 g/mol. The standard InChI is InChI=1S/C16H20N6O2/c1-16(2,20-15(23)9-22-19-10-18-21-22)7-11-8-17-14-6-12(24-3)4-5-13(11)14/h4-6,8,10,17H,7,9H2,1-3H3,(H,20,23). The van der Waals surface area contributed by atoms with Crippen LogP contribution in [0, 0.1) is 0 Å². The number of hydrogen-bond donors (Lipinski definition) is 2. The number of rotatable bonds is 6. The molecule has 1 amide bonds. The summed E-state index contributed by atoms with van der Waals surface area (Å²) in [4.78, 5) is 16.6. The molecule has 2 heterocycles. The summed E-state index contributed by atoms with van der Waals surface area (Å²) in [6, 6.07) is 5.92. The minimum atomic E-state index is -0.410. The molecule has 0 atom stereocenters. The number of H-pyrrole nitrogens is 1. The predicted octanol–water partition coefficient (Wildman–Crippen LogP) is 1.30. The summed E-state index contributed by atoms with van der Waals surface area (Å²) in [6.45, 7) is 4.03. The van der Waals surface area contributed by atoms with Gasteiger partial charge in [0.1, 0.15) is 12.3 Å². The lowest BCUT2D eigenvalue weighted by Gasteiger charge is -2.26. The molecule has 0 spiro atoms. The highest BCUT2D eigenvalue weighted by molar-refractivity contribution is 5.84. The number of amides is 1. The molecule has 2 N–H and O–H groups in total. The number of carbonyl (C=O) groups is 1. The van der Waals surface area contributed by atoms with Crippen LogP contribution >= 0.6 is 0 Å². The van der Waals surface area contributed by atoms with E-state index < -0.39 is 5.54 Å². The van der Waals surface area contributed by atoms with E-state index in [0.29, 0.717) is 6.42 Å². The molecule has 0 saturated carbocycles. The van der Waals surface area contributed by atoms with E-state index in [-0.39, 0.29) is 12.5 Å². The highest BCUT2D eigenvalue weighted by Gasteiger charge is 2.23. The first-order valence-corrected chi connectivity index (χ1v) is 7.63. The van der Waals surface area contributed by atoms with Crippen LogP contribution in [0.5, 0.6) is 5.75 Å². The second-order valence-electron chi connectivity index (χ2n) is 6.30. The van der Waals surface area contributed by atoms with Gasteiger partial charge in [0.15, 0.2) is 6.33 Å². The van der Waals surface area contributed by atoms with E-state index >= 15 is 0 Å². The number of nitrogens with one attached hydrogen (secondary N) is 2. The van der Waals surface area contributed by atoms with Crippen LogP contribution in [0.15, 0.2) is 30.7 Å². The number of carbonyl (C=O) groups excluding carboxylic acids is 1. The summed E-state index contributed by atoms with van der Waals surface area (Å²) < 4.78 is 5.24. The van der Waals surface area contributed by atoms with E-state index in [2.05, 4.69) is 25.7 Å². The quantitative estimate of drug-likeness (QED) is 0.711. The Labute approximate surface area is 139 Å². The number of fused-ring (bicyclic) bond motifs is 1. The van der Waals surface area contributed by atoms with Crippen LogP contribution in [0.2, 0.25) is 0 Å². The highest BCUT2D eigenvalue weighted by Crippen LogP contribution is 2.25. The van der Waals surface area contributed by atoms with Gasteiger partial charge in [-0.3, -0.25) is 4.79 Å². The second-order valence-corrected chi connectivity index (χ2v) is 6.30. The van der Waals surface area contributed by atoms with Crippen LogP contribution in [0.4, 0.5) is 0 Å². The van der Waals surface area contributed by atoms with E-state index in [9.17, 15) is 4.79 Å². The molecule has 0 aliphatic carbocycles. The van der Waals surface area contributed by atoms with Crippen molar-refractivity contribution in [3.63, 3.8) is 0 Å². The van der Waals surface area contributed by atoms with Gasteiger partial charge in [-0.25, -0.2) is 0 Å². The molecule has 0 radical (unpaired) electrons. The number of aromatic amines is 1. The molecule has 0 aliphatic rings. The number of benzene rings is 1. The zero-order chi connectivity index (χ0) is 17.2. The van der Waals surface area contributed by atoms with Gasteiger partial charge >= 0.3 is 0 Å². The zero-order valence-corrected chi connectivity index (χ0v) is 13.9. The Morgan fingerprint density at radius 1 is 1.42 bits per heavy atom. The molecule has 8 heteroatoms. The normalized spacial score (nSPS) is 11.6. The first kappa shape index (κ1) is 16.0. The second kappa shape index (κ2) is 6.31. The van der Waals surface area contributed by atoms with Crippen molar-refractivity contribution in [2.45, 2.75) is 32.4 Å². The van der Waals surface area contributed by atoms with E-state index in [0.717, 1.165) is 22.2 Å². The van der Waals surface area contributed by atoms with Crippen molar-refractivity contribution < 1.29 is 9.53 Å². The van der Waals surface area contributed by atoms with Gasteiger partial charge in [0.2, 0.25) is 5.91 Å². The third kappa shape index (κ3) is 3.53. The molecule has 126 valence electrons. The Bertz CT molecular complexity index is 838.